The van der Waals surface area contributed by atoms with Gasteiger partial charge in [0.25, 0.3) is 0 Å². The Balaban J connectivity index is 5.01. The molecule has 0 rings (SSSR count). The summed E-state index contributed by atoms with van der Waals surface area (Å²) in [5.41, 5.74) is 10.8. The molecule has 0 spiro atoms. The van der Waals surface area contributed by atoms with Crippen molar-refractivity contribution >= 4 is 23.7 Å². The number of aliphatic carboxylic acids is 1. The summed E-state index contributed by atoms with van der Waals surface area (Å²) in [7, 11) is 0. The van der Waals surface area contributed by atoms with E-state index in [-0.39, 0.29) is 6.42 Å². The van der Waals surface area contributed by atoms with Crippen LogP contribution in [0.25, 0.3) is 0 Å². The van der Waals surface area contributed by atoms with Crippen LogP contribution in [0, 0.1) is 0 Å². The molecule has 0 aromatic heterocycles. The summed E-state index contributed by atoms with van der Waals surface area (Å²) in [5.74, 6) is -3.69. The van der Waals surface area contributed by atoms with E-state index in [0.29, 0.717) is 19.4 Å². The predicted octanol–water partition coefficient (Wildman–Crippen LogP) is -4.01. The average Bonchev–Trinajstić information content (AvgIpc) is 2.63. The van der Waals surface area contributed by atoms with Crippen LogP contribution in [0.2, 0.25) is 0 Å². The second-order valence-electron chi connectivity index (χ2n) is 5.95. The number of carbonyl (C=O) groups is 4. The fourth-order valence-electron chi connectivity index (χ4n) is 1.97. The summed E-state index contributed by atoms with van der Waals surface area (Å²) in [4.78, 5) is 47.0. The lowest BCUT2D eigenvalue weighted by Gasteiger charge is -2.23. The third-order valence-electron chi connectivity index (χ3n) is 3.66. The van der Waals surface area contributed by atoms with E-state index in [1.54, 1.807) is 0 Å². The highest BCUT2D eigenvalue weighted by atomic mass is 16.4. The molecule has 0 bridgehead atoms. The number of carboxylic acids is 1. The molecule has 0 fully saturated rings. The molecule has 27 heavy (non-hydrogen) atoms. The summed E-state index contributed by atoms with van der Waals surface area (Å²) in [5, 5.41) is 33.8. The number of nitrogens with two attached hydrogens (primary N) is 2. The van der Waals surface area contributed by atoms with Crippen LogP contribution in [0.5, 0.6) is 0 Å². The summed E-state index contributed by atoms with van der Waals surface area (Å²) < 4.78 is 0. The highest BCUT2D eigenvalue weighted by Crippen LogP contribution is 2.02. The van der Waals surface area contributed by atoms with Gasteiger partial charge in [0.05, 0.1) is 13.2 Å². The molecule has 12 heteroatoms. The molecule has 0 aromatic carbocycles. The Morgan fingerprint density at radius 1 is 0.889 bits per heavy atom. The van der Waals surface area contributed by atoms with Crippen LogP contribution in [0.3, 0.4) is 0 Å². The van der Waals surface area contributed by atoms with E-state index in [9.17, 15) is 24.3 Å². The smallest absolute Gasteiger partial charge is 0.325 e. The lowest BCUT2D eigenvalue weighted by Crippen LogP contribution is -2.58. The highest BCUT2D eigenvalue weighted by Gasteiger charge is 2.28. The van der Waals surface area contributed by atoms with Gasteiger partial charge in [0.2, 0.25) is 17.7 Å². The summed E-state index contributed by atoms with van der Waals surface area (Å²) >= 11 is 0. The molecule has 0 heterocycles. The molecule has 0 aliphatic rings. The van der Waals surface area contributed by atoms with Crippen molar-refractivity contribution in [2.24, 2.45) is 11.5 Å². The number of amides is 3. The predicted molar refractivity (Wildman–Crippen MR) is 94.2 cm³/mol. The Morgan fingerprint density at radius 3 is 1.93 bits per heavy atom. The molecule has 0 saturated heterocycles. The molecule has 12 nitrogen and oxygen atoms in total. The molecule has 3 amide bonds. The zero-order chi connectivity index (χ0) is 21.0. The van der Waals surface area contributed by atoms with Crippen LogP contribution in [0.4, 0.5) is 0 Å². The van der Waals surface area contributed by atoms with Gasteiger partial charge in [0.1, 0.15) is 24.2 Å². The number of aliphatic hydroxyl groups is 2. The Hall–Kier alpha value is -2.28. The van der Waals surface area contributed by atoms with E-state index in [1.807, 2.05) is 0 Å². The van der Waals surface area contributed by atoms with Gasteiger partial charge >= 0.3 is 5.97 Å². The van der Waals surface area contributed by atoms with Crippen LogP contribution >= 0.6 is 0 Å². The number of hydrogen-bond acceptors (Lipinski definition) is 8. The van der Waals surface area contributed by atoms with Crippen molar-refractivity contribution in [2.45, 2.75) is 50.4 Å². The topological polar surface area (TPSA) is 217 Å². The number of hydrogen-bond donors (Lipinski definition) is 8. The molecular formula is C15H29N5O7. The largest absolute Gasteiger partial charge is 0.480 e. The number of carbonyl (C=O) groups excluding carboxylic acids is 3. The van der Waals surface area contributed by atoms with Crippen molar-refractivity contribution in [1.82, 2.24) is 16.0 Å². The maximum Gasteiger partial charge on any atom is 0.325 e. The lowest BCUT2D eigenvalue weighted by atomic mass is 10.1. The van der Waals surface area contributed by atoms with Crippen molar-refractivity contribution in [2.75, 3.05) is 19.8 Å². The number of carboxylic acid groups (broad SMARTS) is 1. The van der Waals surface area contributed by atoms with E-state index in [4.69, 9.17) is 21.7 Å². The molecule has 0 unspecified atom stereocenters. The third kappa shape index (κ3) is 9.28. The fraction of sp³-hybridized carbons (Fsp3) is 0.733. The molecule has 0 aliphatic heterocycles. The van der Waals surface area contributed by atoms with E-state index >= 15 is 0 Å². The Kier molecular flexibility index (Phi) is 11.9. The number of unbranched alkanes of at least 4 members (excludes halogenated alkanes) is 1. The first-order valence-corrected chi connectivity index (χ1v) is 8.49. The van der Waals surface area contributed by atoms with Crippen LogP contribution in [-0.4, -0.2) is 82.9 Å². The molecule has 156 valence electrons. The standard InChI is InChI=1S/C15H29N5O7/c1-8(15(26)27)18-14(25)11(7-22)20-13(24)10(4-2-3-5-16)19-12(23)9(17)6-21/h8-11,21-22H,2-7,16-17H2,1H3,(H,18,25)(H,19,23)(H,20,24)(H,26,27)/t8-,9-,10-,11-/m0/s1. The minimum atomic E-state index is -1.40. The summed E-state index contributed by atoms with van der Waals surface area (Å²) in [6, 6.07) is -4.91. The monoisotopic (exact) mass is 391 g/mol. The minimum absolute atomic E-state index is 0.193. The maximum atomic E-state index is 12.4. The fourth-order valence-corrected chi connectivity index (χ4v) is 1.97. The first-order chi connectivity index (χ1) is 12.7. The Bertz CT molecular complexity index is 517. The highest BCUT2D eigenvalue weighted by molar-refractivity contribution is 5.94. The molecule has 10 N–H and O–H groups in total. The lowest BCUT2D eigenvalue weighted by molar-refractivity contribution is -0.142. The average molecular weight is 391 g/mol. The quantitative estimate of drug-likeness (QED) is 0.143. The van der Waals surface area contributed by atoms with E-state index in [0.717, 1.165) is 0 Å². The maximum absolute atomic E-state index is 12.4. The first-order valence-electron chi connectivity index (χ1n) is 8.49. The van der Waals surface area contributed by atoms with E-state index in [2.05, 4.69) is 16.0 Å². The number of nitrogens with one attached hydrogen (secondary N) is 3. The Morgan fingerprint density at radius 2 is 1.44 bits per heavy atom. The van der Waals surface area contributed by atoms with Crippen molar-refractivity contribution < 1.29 is 34.5 Å². The normalized spacial score (nSPS) is 15.1. The van der Waals surface area contributed by atoms with Crippen LogP contribution < -0.4 is 27.4 Å². The van der Waals surface area contributed by atoms with Gasteiger partial charge in [-0.1, -0.05) is 0 Å². The van der Waals surface area contributed by atoms with Gasteiger partial charge in [0, 0.05) is 0 Å². The number of rotatable bonds is 13. The van der Waals surface area contributed by atoms with Gasteiger partial charge < -0.3 is 42.7 Å². The van der Waals surface area contributed by atoms with Crippen molar-refractivity contribution in [3.05, 3.63) is 0 Å². The molecule has 4 atom stereocenters. The van der Waals surface area contributed by atoms with E-state index < -0.39 is 61.1 Å². The third-order valence-corrected chi connectivity index (χ3v) is 3.66. The summed E-state index contributed by atoms with van der Waals surface area (Å²) in [6.07, 6.45) is 1.28. The molecular weight excluding hydrogens is 362 g/mol. The van der Waals surface area contributed by atoms with Crippen LogP contribution in [0.1, 0.15) is 26.2 Å². The zero-order valence-corrected chi connectivity index (χ0v) is 15.2. The van der Waals surface area contributed by atoms with E-state index in [1.165, 1.54) is 6.92 Å². The molecule has 0 aromatic rings. The molecule has 0 saturated carbocycles. The second-order valence-corrected chi connectivity index (χ2v) is 5.95. The molecule has 0 aliphatic carbocycles. The van der Waals surface area contributed by atoms with Crippen LogP contribution in [0.15, 0.2) is 0 Å². The first kappa shape index (κ1) is 24.7. The second kappa shape index (κ2) is 13.0. The van der Waals surface area contributed by atoms with Crippen molar-refractivity contribution in [3.8, 4) is 0 Å². The van der Waals surface area contributed by atoms with Gasteiger partial charge in [-0.05, 0) is 32.7 Å². The van der Waals surface area contributed by atoms with Gasteiger partial charge in [0.15, 0.2) is 0 Å². The van der Waals surface area contributed by atoms with Gasteiger partial charge in [-0.2, -0.15) is 0 Å². The van der Waals surface area contributed by atoms with Crippen molar-refractivity contribution in [1.29, 1.82) is 0 Å². The van der Waals surface area contributed by atoms with Gasteiger partial charge in [-0.15, -0.1) is 0 Å². The Labute approximate surface area is 156 Å². The van der Waals surface area contributed by atoms with Gasteiger partial charge in [-0.3, -0.25) is 19.2 Å². The number of aliphatic hydroxyl groups excluding tert-OH is 2. The zero-order valence-electron chi connectivity index (χ0n) is 15.2. The summed E-state index contributed by atoms with van der Waals surface area (Å²) in [6.45, 7) is 0.219. The molecule has 0 radical (unpaired) electrons. The van der Waals surface area contributed by atoms with Gasteiger partial charge in [-0.25, -0.2) is 0 Å². The van der Waals surface area contributed by atoms with Crippen LogP contribution in [-0.2, 0) is 19.2 Å². The SMILES string of the molecule is C[C@H](NC(=O)[C@H](CO)NC(=O)[C@H](CCCCN)NC(=O)[C@@H](N)CO)C(=O)O. The van der Waals surface area contributed by atoms with Crippen molar-refractivity contribution in [3.63, 3.8) is 0 Å². The minimum Gasteiger partial charge on any atom is -0.480 e.